The number of hydrogen-bond donors (Lipinski definition) is 3. The number of likely N-dealkylation sites (N-methyl/N-ethyl adjacent to an activating group) is 1. The average Bonchev–Trinajstić information content (AvgIpc) is 2.93. The minimum Gasteiger partial charge on any atom is -0.491 e. The number of methoxy groups -OCH3 is 1. The average molecular weight is 573 g/mol. The smallest absolute Gasteiger partial charge is 0.138 e. The summed E-state index contributed by atoms with van der Waals surface area (Å²) in [6.07, 6.45) is 4.86. The predicted octanol–water partition coefficient (Wildman–Crippen LogP) is 6.89. The third kappa shape index (κ3) is 15.7. The molecule has 2 rings (SSSR count). The van der Waals surface area contributed by atoms with Gasteiger partial charge in [0.1, 0.15) is 30.7 Å². The number of halogens is 1. The number of nitrogens with zero attached hydrogens (tertiary/aromatic N) is 1. The Morgan fingerprint density at radius 1 is 1.02 bits per heavy atom. The monoisotopic (exact) mass is 572 g/mol. The van der Waals surface area contributed by atoms with Gasteiger partial charge in [-0.05, 0) is 62.6 Å². The lowest BCUT2D eigenvalue weighted by atomic mass is 9.93. The lowest BCUT2D eigenvalue weighted by Crippen LogP contribution is -2.07. The zero-order chi connectivity index (χ0) is 31.3. The van der Waals surface area contributed by atoms with E-state index in [1.165, 1.54) is 6.07 Å². The minimum atomic E-state index is -0.386. The SMILES string of the molecule is CC(C)(C)CC=O.CC=Nc1cc(OCCOC)cc(F)c1C(Nc1ccc(NC)cc1)=C(C)CC.CNCC=O. The maximum absolute atomic E-state index is 15.2. The van der Waals surface area contributed by atoms with Gasteiger partial charge >= 0.3 is 0 Å². The van der Waals surface area contributed by atoms with Crippen LogP contribution in [0, 0.1) is 11.2 Å². The molecule has 0 unspecified atom stereocenters. The Hall–Kier alpha value is -3.56. The molecule has 0 aliphatic carbocycles. The van der Waals surface area contributed by atoms with E-state index in [1.807, 2.05) is 65.9 Å². The highest BCUT2D eigenvalue weighted by Crippen LogP contribution is 2.36. The van der Waals surface area contributed by atoms with Crippen molar-refractivity contribution in [2.24, 2.45) is 10.4 Å². The van der Waals surface area contributed by atoms with E-state index in [9.17, 15) is 9.59 Å². The first-order chi connectivity index (χ1) is 19.5. The van der Waals surface area contributed by atoms with Crippen LogP contribution in [0.15, 0.2) is 47.0 Å². The first-order valence-corrected chi connectivity index (χ1v) is 13.7. The summed E-state index contributed by atoms with van der Waals surface area (Å²) in [5, 5.41) is 9.13. The van der Waals surface area contributed by atoms with Gasteiger partial charge in [-0.15, -0.1) is 0 Å². The number of hydrogen-bond acceptors (Lipinski definition) is 8. The van der Waals surface area contributed by atoms with Gasteiger partial charge in [0.25, 0.3) is 0 Å². The Bertz CT molecular complexity index is 1090. The molecule has 0 aliphatic rings. The van der Waals surface area contributed by atoms with Crippen molar-refractivity contribution in [2.75, 3.05) is 51.6 Å². The zero-order valence-electron chi connectivity index (χ0n) is 26.2. The topological polar surface area (TPSA) is 101 Å². The minimum absolute atomic E-state index is 0.182. The van der Waals surface area contributed by atoms with E-state index in [0.29, 0.717) is 48.9 Å². The van der Waals surface area contributed by atoms with Gasteiger partial charge in [0, 0.05) is 56.0 Å². The van der Waals surface area contributed by atoms with Gasteiger partial charge in [-0.2, -0.15) is 0 Å². The third-order valence-electron chi connectivity index (χ3n) is 5.50. The highest BCUT2D eigenvalue weighted by Gasteiger charge is 2.18. The second kappa shape index (κ2) is 21.2. The number of nitrogens with one attached hydrogen (secondary N) is 3. The van der Waals surface area contributed by atoms with Crippen LogP contribution in [0.2, 0.25) is 0 Å². The number of ether oxygens (including phenoxy) is 2. The van der Waals surface area contributed by atoms with Gasteiger partial charge in [-0.25, -0.2) is 4.39 Å². The molecule has 228 valence electrons. The molecule has 0 aromatic heterocycles. The Morgan fingerprint density at radius 2 is 1.66 bits per heavy atom. The van der Waals surface area contributed by atoms with Crippen LogP contribution >= 0.6 is 0 Å². The van der Waals surface area contributed by atoms with Crippen LogP contribution in [0.1, 0.15) is 59.9 Å². The molecule has 2 aromatic carbocycles. The summed E-state index contributed by atoms with van der Waals surface area (Å²) in [7, 11) is 5.20. The van der Waals surface area contributed by atoms with E-state index in [0.717, 1.165) is 35.9 Å². The van der Waals surface area contributed by atoms with Gasteiger partial charge in [-0.1, -0.05) is 27.7 Å². The Morgan fingerprint density at radius 3 is 2.07 bits per heavy atom. The largest absolute Gasteiger partial charge is 0.491 e. The lowest BCUT2D eigenvalue weighted by molar-refractivity contribution is -0.109. The zero-order valence-corrected chi connectivity index (χ0v) is 26.2. The van der Waals surface area contributed by atoms with Crippen molar-refractivity contribution >= 4 is 41.5 Å². The summed E-state index contributed by atoms with van der Waals surface area (Å²) in [5.74, 6) is 0.0402. The van der Waals surface area contributed by atoms with Crippen LogP contribution in [0.25, 0.3) is 5.70 Å². The fourth-order valence-electron chi connectivity index (χ4n) is 3.14. The first kappa shape index (κ1) is 37.4. The number of carbonyl (C=O) groups excluding carboxylic acids is 2. The quantitative estimate of drug-likeness (QED) is 0.136. The van der Waals surface area contributed by atoms with Crippen LogP contribution in [-0.4, -0.2) is 59.8 Å². The molecule has 41 heavy (non-hydrogen) atoms. The predicted molar refractivity (Wildman–Crippen MR) is 170 cm³/mol. The molecule has 0 atom stereocenters. The van der Waals surface area contributed by atoms with Gasteiger partial charge in [0.2, 0.25) is 0 Å². The molecular formula is C32H49FN4O4. The van der Waals surface area contributed by atoms with E-state index in [2.05, 4.69) is 20.9 Å². The number of aldehydes is 2. The van der Waals surface area contributed by atoms with Gasteiger partial charge in [0.05, 0.1) is 24.4 Å². The van der Waals surface area contributed by atoms with Crippen molar-refractivity contribution in [3.05, 3.63) is 53.4 Å². The van der Waals surface area contributed by atoms with E-state index in [-0.39, 0.29) is 11.2 Å². The molecule has 0 bridgehead atoms. The second-order valence-electron chi connectivity index (χ2n) is 10.1. The Balaban J connectivity index is 0.00000112. The number of benzene rings is 2. The molecule has 3 N–H and O–H groups in total. The van der Waals surface area contributed by atoms with Gasteiger partial charge in [-0.3, -0.25) is 4.99 Å². The number of carbonyl (C=O) groups is 2. The van der Waals surface area contributed by atoms with Crippen molar-refractivity contribution in [1.82, 2.24) is 5.32 Å². The highest BCUT2D eigenvalue weighted by atomic mass is 19.1. The van der Waals surface area contributed by atoms with E-state index < -0.39 is 0 Å². The summed E-state index contributed by atoms with van der Waals surface area (Å²) >= 11 is 0. The molecule has 0 saturated heterocycles. The molecule has 2 aromatic rings. The van der Waals surface area contributed by atoms with Crippen LogP contribution in [0.3, 0.4) is 0 Å². The summed E-state index contributed by atoms with van der Waals surface area (Å²) < 4.78 is 25.8. The summed E-state index contributed by atoms with van der Waals surface area (Å²) in [5.41, 5.74) is 4.75. The van der Waals surface area contributed by atoms with E-state index >= 15 is 4.39 Å². The van der Waals surface area contributed by atoms with Gasteiger partial charge in [0.15, 0.2) is 0 Å². The summed E-state index contributed by atoms with van der Waals surface area (Å²) in [4.78, 5) is 23.6. The van der Waals surface area contributed by atoms with E-state index in [4.69, 9.17) is 9.47 Å². The maximum atomic E-state index is 15.2. The second-order valence-corrected chi connectivity index (χ2v) is 10.1. The van der Waals surface area contributed by atoms with Crippen molar-refractivity contribution in [1.29, 1.82) is 0 Å². The summed E-state index contributed by atoms with van der Waals surface area (Å²) in [6, 6.07) is 11.0. The fraction of sp³-hybridized carbons (Fsp3) is 0.469. The Kier molecular flexibility index (Phi) is 19.4. The van der Waals surface area contributed by atoms with Crippen molar-refractivity contribution in [2.45, 2.75) is 54.4 Å². The van der Waals surface area contributed by atoms with Crippen molar-refractivity contribution in [3.63, 3.8) is 0 Å². The number of anilines is 2. The molecule has 0 radical (unpaired) electrons. The summed E-state index contributed by atoms with van der Waals surface area (Å²) in [6.45, 7) is 13.2. The normalized spacial score (nSPS) is 11.4. The molecule has 0 amide bonds. The highest BCUT2D eigenvalue weighted by molar-refractivity contribution is 5.86. The number of allylic oxidation sites excluding steroid dienone is 1. The molecular weight excluding hydrogens is 523 g/mol. The molecule has 8 nitrogen and oxygen atoms in total. The molecule has 0 aliphatic heterocycles. The van der Waals surface area contributed by atoms with Gasteiger partial charge < -0.3 is 35.0 Å². The van der Waals surface area contributed by atoms with Crippen molar-refractivity contribution in [3.8, 4) is 5.75 Å². The molecule has 0 saturated carbocycles. The number of rotatable bonds is 13. The third-order valence-corrected chi connectivity index (χ3v) is 5.50. The van der Waals surface area contributed by atoms with E-state index in [1.54, 1.807) is 33.4 Å². The van der Waals surface area contributed by atoms with Crippen LogP contribution in [0.5, 0.6) is 5.75 Å². The fourth-order valence-corrected chi connectivity index (χ4v) is 3.14. The number of aliphatic imine (C=N–C) groups is 1. The standard InChI is InChI=1S/C23H30FN3O2.C6H12O.C3H7NO/c1-6-16(3)23(27-18-10-8-17(25-4)9-11-18)22-20(24)14-19(29-13-12-28-5)15-21(22)26-7-2;1-6(2,3)4-5-7;1-4-2-3-5/h7-11,14-15,25,27H,6,12-13H2,1-5H3;5H,4H2,1-3H3;3-4H,2H2,1H3. The van der Waals surface area contributed by atoms with Crippen LogP contribution < -0.4 is 20.7 Å². The molecule has 9 heteroatoms. The molecule has 0 heterocycles. The lowest BCUT2D eigenvalue weighted by Gasteiger charge is -2.19. The Labute approximate surface area is 245 Å². The van der Waals surface area contributed by atoms with Crippen LogP contribution in [-0.2, 0) is 14.3 Å². The maximum Gasteiger partial charge on any atom is 0.138 e. The molecule has 0 spiro atoms. The van der Waals surface area contributed by atoms with Crippen LogP contribution in [0.4, 0.5) is 21.5 Å². The molecule has 0 fully saturated rings. The first-order valence-electron chi connectivity index (χ1n) is 13.7. The van der Waals surface area contributed by atoms with Crippen molar-refractivity contribution < 1.29 is 23.5 Å².